The highest BCUT2D eigenvalue weighted by molar-refractivity contribution is 6.31. The van der Waals surface area contributed by atoms with Crippen LogP contribution in [0.2, 0.25) is 5.02 Å². The molecule has 0 saturated carbocycles. The van der Waals surface area contributed by atoms with Crippen LogP contribution >= 0.6 is 11.6 Å². The summed E-state index contributed by atoms with van der Waals surface area (Å²) < 4.78 is 19.4. The van der Waals surface area contributed by atoms with E-state index in [9.17, 15) is 14.0 Å². The van der Waals surface area contributed by atoms with Gasteiger partial charge >= 0.3 is 0 Å². The molecule has 0 radical (unpaired) electrons. The number of aromatic amines is 1. The fourth-order valence-electron chi connectivity index (χ4n) is 5.53. The number of rotatable bonds is 15. The molecule has 2 aromatic carbocycles. The average molecular weight is 637 g/mol. The van der Waals surface area contributed by atoms with Crippen molar-refractivity contribution in [3.8, 4) is 5.75 Å². The zero-order valence-electron chi connectivity index (χ0n) is 25.4. The van der Waals surface area contributed by atoms with Crippen LogP contribution in [0.15, 0.2) is 42.9 Å². The number of H-pyrrole nitrogens is 1. The van der Waals surface area contributed by atoms with Crippen LogP contribution in [0.1, 0.15) is 55.2 Å². The molecule has 0 spiro atoms. The number of primary amides is 1. The van der Waals surface area contributed by atoms with Crippen molar-refractivity contribution in [3.63, 3.8) is 0 Å². The SMILES string of the molecule is COc1cc2ncnc(Nc3ccc(F)c(Cl)c3)c2cc1CCc1cnc([C@H](CCCCCC(N)=O)NC(=O)C2CN(C)C2)[nH]1. The number of carbonyl (C=O) groups excluding carboxylic acids is 2. The van der Waals surface area contributed by atoms with Gasteiger partial charge in [-0.2, -0.15) is 0 Å². The minimum absolute atomic E-state index is 0.0141. The van der Waals surface area contributed by atoms with Crippen molar-refractivity contribution in [1.29, 1.82) is 0 Å². The molecule has 5 rings (SSSR count). The minimum atomic E-state index is -0.496. The number of nitrogens with two attached hydrogens (primary N) is 1. The van der Waals surface area contributed by atoms with Gasteiger partial charge in [-0.25, -0.2) is 19.3 Å². The van der Waals surface area contributed by atoms with E-state index in [1.165, 1.54) is 18.5 Å². The number of likely N-dealkylation sites (tertiary alicyclic amines) is 1. The topological polar surface area (TPSA) is 151 Å². The zero-order chi connectivity index (χ0) is 31.9. The molecule has 1 aliphatic rings. The number of aryl methyl sites for hydroxylation is 2. The van der Waals surface area contributed by atoms with Crippen molar-refractivity contribution in [3.05, 3.63) is 70.8 Å². The van der Waals surface area contributed by atoms with Crippen LogP contribution in [0.3, 0.4) is 0 Å². The summed E-state index contributed by atoms with van der Waals surface area (Å²) in [6.07, 6.45) is 7.99. The summed E-state index contributed by atoms with van der Waals surface area (Å²) in [6, 6.07) is 8.00. The molecule has 1 saturated heterocycles. The van der Waals surface area contributed by atoms with E-state index >= 15 is 0 Å². The third-order valence-corrected chi connectivity index (χ3v) is 8.32. The number of nitrogens with zero attached hydrogens (tertiary/aromatic N) is 4. The molecule has 1 atom stereocenters. The molecule has 238 valence electrons. The van der Waals surface area contributed by atoms with Gasteiger partial charge in [0.25, 0.3) is 0 Å². The number of anilines is 2. The summed E-state index contributed by atoms with van der Waals surface area (Å²) in [5, 5.41) is 7.20. The highest BCUT2D eigenvalue weighted by atomic mass is 35.5. The molecule has 2 amide bonds. The van der Waals surface area contributed by atoms with E-state index in [-0.39, 0.29) is 28.8 Å². The fraction of sp³-hybridized carbons (Fsp3) is 0.406. The number of hydrogen-bond donors (Lipinski definition) is 4. The molecule has 13 heteroatoms. The number of hydrogen-bond acceptors (Lipinski definition) is 8. The summed E-state index contributed by atoms with van der Waals surface area (Å²) in [5.41, 5.74) is 8.44. The first-order chi connectivity index (χ1) is 21.7. The van der Waals surface area contributed by atoms with Crippen LogP contribution in [0.5, 0.6) is 5.75 Å². The van der Waals surface area contributed by atoms with E-state index in [1.54, 1.807) is 19.4 Å². The Bertz CT molecular complexity index is 1660. The van der Waals surface area contributed by atoms with E-state index in [1.807, 2.05) is 19.2 Å². The normalized spacial score (nSPS) is 14.2. The molecule has 11 nitrogen and oxygen atoms in total. The largest absolute Gasteiger partial charge is 0.496 e. The Hall–Kier alpha value is -4.29. The van der Waals surface area contributed by atoms with Gasteiger partial charge in [0.15, 0.2) is 0 Å². The molecule has 1 fully saturated rings. The predicted octanol–water partition coefficient (Wildman–Crippen LogP) is 4.84. The first kappa shape index (κ1) is 32.1. The maximum atomic E-state index is 13.7. The molecular formula is C32H38ClFN8O3. The molecule has 2 aromatic heterocycles. The number of unbranched alkanes of at least 4 members (excludes halogenated alkanes) is 2. The second kappa shape index (κ2) is 14.7. The summed E-state index contributed by atoms with van der Waals surface area (Å²) >= 11 is 5.97. The van der Waals surface area contributed by atoms with Crippen LogP contribution in [-0.2, 0) is 22.4 Å². The van der Waals surface area contributed by atoms with Gasteiger partial charge in [-0.3, -0.25) is 9.59 Å². The monoisotopic (exact) mass is 636 g/mol. The summed E-state index contributed by atoms with van der Waals surface area (Å²) in [4.78, 5) is 43.0. The first-order valence-electron chi connectivity index (χ1n) is 15.0. The van der Waals surface area contributed by atoms with Crippen molar-refractivity contribution in [2.75, 3.05) is 32.6 Å². The average Bonchev–Trinajstić information content (AvgIpc) is 3.48. The Labute approximate surface area is 266 Å². The molecule has 0 unspecified atom stereocenters. The van der Waals surface area contributed by atoms with Crippen molar-refractivity contribution in [1.82, 2.24) is 30.2 Å². The molecule has 5 N–H and O–H groups in total. The highest BCUT2D eigenvalue weighted by Gasteiger charge is 2.31. The number of aromatic nitrogens is 4. The summed E-state index contributed by atoms with van der Waals surface area (Å²) in [5.74, 6) is 1.18. The zero-order valence-corrected chi connectivity index (χ0v) is 26.2. The molecule has 0 bridgehead atoms. The molecule has 3 heterocycles. The van der Waals surface area contributed by atoms with Crippen LogP contribution in [0, 0.1) is 11.7 Å². The predicted molar refractivity (Wildman–Crippen MR) is 171 cm³/mol. The number of halogens is 2. The third kappa shape index (κ3) is 8.25. The Morgan fingerprint density at radius 3 is 2.71 bits per heavy atom. The molecule has 0 aliphatic carbocycles. The van der Waals surface area contributed by atoms with E-state index in [0.29, 0.717) is 54.3 Å². The molecule has 4 aromatic rings. The Balaban J connectivity index is 1.29. The number of imidazole rings is 1. The highest BCUT2D eigenvalue weighted by Crippen LogP contribution is 2.31. The van der Waals surface area contributed by atoms with Gasteiger partial charge in [-0.15, -0.1) is 0 Å². The third-order valence-electron chi connectivity index (χ3n) is 8.03. The van der Waals surface area contributed by atoms with Gasteiger partial charge in [0.2, 0.25) is 11.8 Å². The maximum absolute atomic E-state index is 13.7. The minimum Gasteiger partial charge on any atom is -0.496 e. The Morgan fingerprint density at radius 2 is 1.98 bits per heavy atom. The van der Waals surface area contributed by atoms with E-state index in [4.69, 9.17) is 22.1 Å². The Kier molecular flexibility index (Phi) is 10.5. The smallest absolute Gasteiger partial charge is 0.226 e. The maximum Gasteiger partial charge on any atom is 0.226 e. The number of benzene rings is 2. The van der Waals surface area contributed by atoms with Gasteiger partial charge in [0.1, 0.15) is 29.5 Å². The number of amides is 2. The van der Waals surface area contributed by atoms with Gasteiger partial charge < -0.3 is 31.0 Å². The van der Waals surface area contributed by atoms with Crippen molar-refractivity contribution in [2.45, 2.75) is 51.0 Å². The lowest BCUT2D eigenvalue weighted by molar-refractivity contribution is -0.130. The number of nitrogens with one attached hydrogen (secondary N) is 3. The van der Waals surface area contributed by atoms with Crippen LogP contribution in [0.25, 0.3) is 10.9 Å². The fourth-order valence-corrected chi connectivity index (χ4v) is 5.71. The van der Waals surface area contributed by atoms with Crippen LogP contribution in [-0.4, -0.2) is 63.9 Å². The van der Waals surface area contributed by atoms with Crippen molar-refractivity contribution >= 4 is 45.8 Å². The molecular weight excluding hydrogens is 599 g/mol. The lowest BCUT2D eigenvalue weighted by Crippen LogP contribution is -2.52. The Morgan fingerprint density at radius 1 is 1.16 bits per heavy atom. The van der Waals surface area contributed by atoms with Crippen molar-refractivity contribution < 1.29 is 18.7 Å². The molecule has 45 heavy (non-hydrogen) atoms. The second-order valence-corrected chi connectivity index (χ2v) is 11.9. The quantitative estimate of drug-likeness (QED) is 0.135. The van der Waals surface area contributed by atoms with Gasteiger partial charge in [-0.05, 0) is 62.6 Å². The number of carbonyl (C=O) groups is 2. The van der Waals surface area contributed by atoms with Crippen LogP contribution < -0.4 is 21.1 Å². The van der Waals surface area contributed by atoms with E-state index in [0.717, 1.165) is 49.0 Å². The summed E-state index contributed by atoms with van der Waals surface area (Å²) in [7, 11) is 3.62. The van der Waals surface area contributed by atoms with Gasteiger partial charge in [0, 0.05) is 48.5 Å². The van der Waals surface area contributed by atoms with Crippen molar-refractivity contribution in [2.24, 2.45) is 11.7 Å². The molecule has 1 aliphatic heterocycles. The first-order valence-corrected chi connectivity index (χ1v) is 15.4. The van der Waals surface area contributed by atoms with Crippen LogP contribution in [0.4, 0.5) is 15.9 Å². The number of fused-ring (bicyclic) bond motifs is 1. The van der Waals surface area contributed by atoms with E-state index < -0.39 is 5.82 Å². The standard InChI is InChI=1S/C32H38ClFN8O3/c1-42-16-20(17-42)32(44)41-26(6-4-3-5-7-29(35)43)31-36-15-22(40-31)9-8-19-12-23-27(14-28(19)45-2)37-18-38-30(23)39-21-10-11-25(34)24(33)13-21/h10-15,18,20,26H,3-9,16-17H2,1-2H3,(H2,35,43)(H,36,40)(H,41,44)(H,37,38,39)/t26-/m0/s1. The number of ether oxygens (including phenoxy) is 1. The summed E-state index contributed by atoms with van der Waals surface area (Å²) in [6.45, 7) is 1.49. The number of methoxy groups -OCH3 is 1. The van der Waals surface area contributed by atoms with Gasteiger partial charge in [-0.1, -0.05) is 24.4 Å². The van der Waals surface area contributed by atoms with Gasteiger partial charge in [0.05, 0.1) is 29.6 Å². The lowest BCUT2D eigenvalue weighted by atomic mass is 9.99. The second-order valence-electron chi connectivity index (χ2n) is 11.5. The van der Waals surface area contributed by atoms with E-state index in [2.05, 4.69) is 35.5 Å². The lowest BCUT2D eigenvalue weighted by Gasteiger charge is -2.35.